The molecule has 0 saturated heterocycles. The van der Waals surface area contributed by atoms with E-state index in [1.54, 1.807) is 46.4 Å². The molecule has 0 bridgehead atoms. The Hall–Kier alpha value is -3.00. The zero-order chi connectivity index (χ0) is 15.6. The number of hydrogen-bond donors (Lipinski definition) is 1. The summed E-state index contributed by atoms with van der Waals surface area (Å²) in [6, 6.07) is 5.01. The van der Waals surface area contributed by atoms with Crippen molar-refractivity contribution in [1.82, 2.24) is 30.0 Å². The summed E-state index contributed by atoms with van der Waals surface area (Å²) in [7, 11) is 0. The first-order valence-corrected chi connectivity index (χ1v) is 7.05. The van der Waals surface area contributed by atoms with E-state index in [9.17, 15) is 4.39 Å². The number of hydroxylamine groups is 1. The van der Waals surface area contributed by atoms with Gasteiger partial charge in [0.2, 0.25) is 0 Å². The van der Waals surface area contributed by atoms with Crippen LogP contribution in [0, 0.1) is 5.82 Å². The minimum Gasteiger partial charge on any atom is -0.303 e. The highest BCUT2D eigenvalue weighted by Crippen LogP contribution is 2.23. The van der Waals surface area contributed by atoms with Gasteiger partial charge in [0.25, 0.3) is 0 Å². The van der Waals surface area contributed by atoms with Gasteiger partial charge in [-0.3, -0.25) is 10.3 Å². The predicted molar refractivity (Wildman–Crippen MR) is 79.5 cm³/mol. The molecule has 23 heavy (non-hydrogen) atoms. The second-order valence-electron chi connectivity index (χ2n) is 5.10. The highest BCUT2D eigenvalue weighted by atomic mass is 19.1. The average Bonchev–Trinajstić information content (AvgIpc) is 3.30. The van der Waals surface area contributed by atoms with Crippen molar-refractivity contribution < 1.29 is 9.23 Å². The van der Waals surface area contributed by atoms with Crippen LogP contribution in [0.3, 0.4) is 0 Å². The van der Waals surface area contributed by atoms with Gasteiger partial charge in [0.05, 0.1) is 30.5 Å². The van der Waals surface area contributed by atoms with Crippen molar-refractivity contribution >= 4 is 5.70 Å². The number of imidazole rings is 1. The molecule has 1 N–H and O–H groups in total. The summed E-state index contributed by atoms with van der Waals surface area (Å²) in [6.07, 6.45) is 9.93. The van der Waals surface area contributed by atoms with Crippen LogP contribution in [0.15, 0.2) is 55.4 Å². The van der Waals surface area contributed by atoms with E-state index >= 15 is 0 Å². The quantitative estimate of drug-likeness (QED) is 0.791. The van der Waals surface area contributed by atoms with Crippen molar-refractivity contribution in [1.29, 1.82) is 0 Å². The molecular weight excluding hydrogens is 299 g/mol. The lowest BCUT2D eigenvalue weighted by molar-refractivity contribution is 0.0395. The Morgan fingerprint density at radius 1 is 1.26 bits per heavy atom. The first kappa shape index (κ1) is 13.6. The third kappa shape index (κ3) is 2.71. The number of rotatable bonds is 4. The fourth-order valence-corrected chi connectivity index (χ4v) is 2.44. The van der Waals surface area contributed by atoms with E-state index in [1.165, 1.54) is 6.07 Å². The number of nitrogens with one attached hydrogen (secondary N) is 1. The van der Waals surface area contributed by atoms with Crippen LogP contribution in [0.2, 0.25) is 0 Å². The topological polar surface area (TPSA) is 69.8 Å². The summed E-state index contributed by atoms with van der Waals surface area (Å²) in [5, 5.41) is 7.64. The van der Waals surface area contributed by atoms with Crippen molar-refractivity contribution in [3.05, 3.63) is 66.8 Å². The van der Waals surface area contributed by atoms with Gasteiger partial charge >= 0.3 is 0 Å². The molecule has 0 radical (unpaired) electrons. The average molecular weight is 312 g/mol. The minimum atomic E-state index is -0.331. The van der Waals surface area contributed by atoms with Crippen LogP contribution in [0.1, 0.15) is 5.56 Å². The van der Waals surface area contributed by atoms with Gasteiger partial charge in [0.15, 0.2) is 0 Å². The lowest BCUT2D eigenvalue weighted by atomic mass is 10.1. The van der Waals surface area contributed by atoms with Gasteiger partial charge in [0, 0.05) is 24.2 Å². The molecule has 2 aromatic heterocycles. The van der Waals surface area contributed by atoms with E-state index in [1.807, 2.05) is 12.1 Å². The third-order valence-electron chi connectivity index (χ3n) is 3.55. The Labute approximate surface area is 131 Å². The van der Waals surface area contributed by atoms with Crippen molar-refractivity contribution in [2.24, 2.45) is 0 Å². The molecule has 1 aliphatic heterocycles. The van der Waals surface area contributed by atoms with Gasteiger partial charge in [-0.1, -0.05) is 11.3 Å². The molecule has 3 aromatic rings. The molecule has 116 valence electrons. The van der Waals surface area contributed by atoms with E-state index in [0.29, 0.717) is 17.8 Å². The molecule has 1 atom stereocenters. The first-order chi connectivity index (χ1) is 11.3. The standard InChI is InChI=1S/C15H13FN6O/c16-13-7-11(1-2-15(13)21-5-3-17-10-21)14-8-12(23-19-14)9-22-6-4-18-20-22/h1-8,10,12,19H,9H2. The molecule has 1 unspecified atom stereocenters. The molecular formula is C15H13FN6O. The maximum absolute atomic E-state index is 14.3. The van der Waals surface area contributed by atoms with Gasteiger partial charge < -0.3 is 4.57 Å². The van der Waals surface area contributed by atoms with Gasteiger partial charge in [-0.25, -0.2) is 14.1 Å². The Kier molecular flexibility index (Phi) is 3.35. The molecule has 0 fully saturated rings. The second-order valence-corrected chi connectivity index (χ2v) is 5.10. The van der Waals surface area contributed by atoms with Gasteiger partial charge in [-0.15, -0.1) is 5.10 Å². The van der Waals surface area contributed by atoms with Crippen molar-refractivity contribution in [3.8, 4) is 5.69 Å². The summed E-state index contributed by atoms with van der Waals surface area (Å²) in [4.78, 5) is 9.39. The first-order valence-electron chi connectivity index (χ1n) is 7.05. The van der Waals surface area contributed by atoms with E-state index in [2.05, 4.69) is 20.8 Å². The number of aromatic nitrogens is 5. The molecule has 0 spiro atoms. The highest BCUT2D eigenvalue weighted by Gasteiger charge is 2.19. The second kappa shape index (κ2) is 5.65. The molecule has 8 heteroatoms. The van der Waals surface area contributed by atoms with Crippen molar-refractivity contribution in [2.75, 3.05) is 0 Å². The Morgan fingerprint density at radius 3 is 2.96 bits per heavy atom. The van der Waals surface area contributed by atoms with E-state index in [4.69, 9.17) is 4.84 Å². The summed E-state index contributed by atoms with van der Waals surface area (Å²) in [6.45, 7) is 0.534. The fraction of sp³-hybridized carbons (Fsp3) is 0.133. The van der Waals surface area contributed by atoms with Crippen LogP contribution in [0.5, 0.6) is 0 Å². The van der Waals surface area contributed by atoms with Gasteiger partial charge in [0.1, 0.15) is 11.9 Å². The van der Waals surface area contributed by atoms with Crippen molar-refractivity contribution in [3.63, 3.8) is 0 Å². The Balaban J connectivity index is 1.55. The monoisotopic (exact) mass is 312 g/mol. The van der Waals surface area contributed by atoms with Gasteiger partial charge in [-0.2, -0.15) is 0 Å². The molecule has 1 aromatic carbocycles. The van der Waals surface area contributed by atoms with E-state index in [0.717, 1.165) is 5.70 Å². The number of halogens is 1. The number of hydrogen-bond acceptors (Lipinski definition) is 5. The molecule has 7 nitrogen and oxygen atoms in total. The highest BCUT2D eigenvalue weighted by molar-refractivity contribution is 5.66. The predicted octanol–water partition coefficient (Wildman–Crippen LogP) is 1.55. The maximum atomic E-state index is 14.3. The summed E-state index contributed by atoms with van der Waals surface area (Å²) >= 11 is 0. The Morgan fingerprint density at radius 2 is 2.22 bits per heavy atom. The van der Waals surface area contributed by atoms with Crippen LogP contribution in [-0.4, -0.2) is 30.6 Å². The lowest BCUT2D eigenvalue weighted by Gasteiger charge is -2.08. The molecule has 0 saturated carbocycles. The largest absolute Gasteiger partial charge is 0.303 e. The number of nitrogens with zero attached hydrogens (tertiary/aromatic N) is 5. The van der Waals surface area contributed by atoms with Crippen molar-refractivity contribution in [2.45, 2.75) is 12.6 Å². The lowest BCUT2D eigenvalue weighted by Crippen LogP contribution is -2.18. The van der Waals surface area contributed by atoms with Crippen LogP contribution in [0.25, 0.3) is 11.4 Å². The molecule has 0 amide bonds. The van der Waals surface area contributed by atoms with Crippen LogP contribution < -0.4 is 5.48 Å². The van der Waals surface area contributed by atoms with Crippen LogP contribution >= 0.6 is 0 Å². The van der Waals surface area contributed by atoms with Crippen LogP contribution in [0.4, 0.5) is 4.39 Å². The minimum absolute atomic E-state index is 0.192. The summed E-state index contributed by atoms with van der Waals surface area (Å²) < 4.78 is 17.6. The fourth-order valence-electron chi connectivity index (χ4n) is 2.44. The zero-order valence-electron chi connectivity index (χ0n) is 12.0. The summed E-state index contributed by atoms with van der Waals surface area (Å²) in [5.41, 5.74) is 4.72. The van der Waals surface area contributed by atoms with E-state index < -0.39 is 0 Å². The normalized spacial score (nSPS) is 17.1. The maximum Gasteiger partial charge on any atom is 0.147 e. The SMILES string of the molecule is Fc1cc(C2=CC(Cn3ccnn3)ON2)ccc1-n1ccnc1. The smallest absolute Gasteiger partial charge is 0.147 e. The number of benzene rings is 1. The van der Waals surface area contributed by atoms with Gasteiger partial charge in [-0.05, 0) is 18.2 Å². The summed E-state index contributed by atoms with van der Waals surface area (Å²) in [5.74, 6) is -0.331. The molecule has 1 aliphatic rings. The molecule has 4 rings (SSSR count). The molecule has 3 heterocycles. The third-order valence-corrected chi connectivity index (χ3v) is 3.55. The van der Waals surface area contributed by atoms with E-state index in [-0.39, 0.29) is 11.9 Å². The zero-order valence-corrected chi connectivity index (χ0v) is 12.0. The molecule has 0 aliphatic carbocycles. The van der Waals surface area contributed by atoms with Crippen LogP contribution in [-0.2, 0) is 11.4 Å². The Bertz CT molecular complexity index is 828.